The van der Waals surface area contributed by atoms with Crippen molar-refractivity contribution in [3.05, 3.63) is 28.7 Å². The molecule has 0 atom stereocenters. The summed E-state index contributed by atoms with van der Waals surface area (Å²) in [6, 6.07) is 7.55. The smallest absolute Gasteiger partial charge is 0.321 e. The Kier molecular flexibility index (Phi) is 6.34. The molecule has 3 amide bonds. The molecule has 5 nitrogen and oxygen atoms in total. The number of piperidine rings is 2. The van der Waals surface area contributed by atoms with Gasteiger partial charge >= 0.3 is 6.03 Å². The van der Waals surface area contributed by atoms with E-state index in [0.717, 1.165) is 62.0 Å². The lowest BCUT2D eigenvalue weighted by atomic mass is 9.93. The van der Waals surface area contributed by atoms with Gasteiger partial charge in [-0.1, -0.05) is 22.0 Å². The summed E-state index contributed by atoms with van der Waals surface area (Å²) < 4.78 is 0.945. The van der Waals surface area contributed by atoms with Crippen molar-refractivity contribution in [1.29, 1.82) is 0 Å². The molecule has 1 aromatic carbocycles. The molecular weight excluding hydrogens is 382 g/mol. The number of urea groups is 1. The number of likely N-dealkylation sites (tertiary alicyclic amines) is 2. The van der Waals surface area contributed by atoms with Crippen molar-refractivity contribution in [3.63, 3.8) is 0 Å². The van der Waals surface area contributed by atoms with Crippen molar-refractivity contribution in [2.45, 2.75) is 38.5 Å². The predicted octanol–water partition coefficient (Wildman–Crippen LogP) is 4.10. The summed E-state index contributed by atoms with van der Waals surface area (Å²) in [7, 11) is 0. The van der Waals surface area contributed by atoms with Crippen LogP contribution in [0.15, 0.2) is 28.7 Å². The number of hydrogen-bond donors (Lipinski definition) is 1. The van der Waals surface area contributed by atoms with E-state index in [4.69, 9.17) is 0 Å². The Morgan fingerprint density at radius 3 is 2.44 bits per heavy atom. The van der Waals surface area contributed by atoms with E-state index in [1.807, 2.05) is 34.1 Å². The van der Waals surface area contributed by atoms with Gasteiger partial charge in [0.15, 0.2) is 0 Å². The minimum Gasteiger partial charge on any atom is -0.343 e. The zero-order valence-electron chi connectivity index (χ0n) is 14.5. The summed E-state index contributed by atoms with van der Waals surface area (Å²) in [4.78, 5) is 28.6. The minimum atomic E-state index is -0.0566. The average molecular weight is 408 g/mol. The Hall–Kier alpha value is -1.56. The highest BCUT2D eigenvalue weighted by Gasteiger charge is 2.26. The Morgan fingerprint density at radius 2 is 1.76 bits per heavy atom. The first-order chi connectivity index (χ1) is 12.1. The van der Waals surface area contributed by atoms with Crippen LogP contribution in [0.5, 0.6) is 0 Å². The van der Waals surface area contributed by atoms with Crippen molar-refractivity contribution in [3.8, 4) is 0 Å². The molecule has 1 aromatic rings. The van der Waals surface area contributed by atoms with Gasteiger partial charge in [-0.15, -0.1) is 0 Å². The van der Waals surface area contributed by atoms with Crippen LogP contribution in [-0.4, -0.2) is 47.9 Å². The number of benzene rings is 1. The first-order valence-electron chi connectivity index (χ1n) is 9.21. The molecule has 1 N–H and O–H groups in total. The van der Waals surface area contributed by atoms with Gasteiger partial charge in [-0.25, -0.2) is 4.79 Å². The van der Waals surface area contributed by atoms with Gasteiger partial charge in [-0.2, -0.15) is 0 Å². The van der Waals surface area contributed by atoms with Crippen molar-refractivity contribution in [2.24, 2.45) is 5.92 Å². The van der Waals surface area contributed by atoms with E-state index in [1.54, 1.807) is 0 Å². The number of anilines is 1. The number of nitrogens with zero attached hydrogens (tertiary/aromatic N) is 2. The molecule has 0 aromatic heterocycles. The van der Waals surface area contributed by atoms with Crippen LogP contribution in [0, 0.1) is 5.92 Å². The summed E-state index contributed by atoms with van der Waals surface area (Å²) in [5.74, 6) is 0.709. The van der Waals surface area contributed by atoms with E-state index in [1.165, 1.54) is 6.42 Å². The fraction of sp³-hybridized carbons (Fsp3) is 0.579. The van der Waals surface area contributed by atoms with Crippen molar-refractivity contribution in [1.82, 2.24) is 9.80 Å². The number of carbonyl (C=O) groups is 2. The standard InChI is InChI=1S/C19H26BrN3O2/c20-16-5-4-6-17(14-16)21-19(25)23-11-7-15(8-12-23)13-18(24)22-9-2-1-3-10-22/h4-6,14-15H,1-3,7-13H2,(H,21,25). The zero-order valence-corrected chi connectivity index (χ0v) is 16.1. The second-order valence-electron chi connectivity index (χ2n) is 7.02. The molecular formula is C19H26BrN3O2. The maximum absolute atomic E-state index is 12.4. The maximum Gasteiger partial charge on any atom is 0.321 e. The highest BCUT2D eigenvalue weighted by molar-refractivity contribution is 9.10. The molecule has 2 fully saturated rings. The summed E-state index contributed by atoms with van der Waals surface area (Å²) in [5, 5.41) is 2.94. The molecule has 2 aliphatic rings. The SMILES string of the molecule is O=C(CC1CCN(C(=O)Nc2cccc(Br)c2)CC1)N1CCCCC1. The van der Waals surface area contributed by atoms with Crippen molar-refractivity contribution < 1.29 is 9.59 Å². The molecule has 0 radical (unpaired) electrons. The van der Waals surface area contributed by atoms with Crippen LogP contribution in [0.3, 0.4) is 0 Å². The van der Waals surface area contributed by atoms with Crippen molar-refractivity contribution >= 4 is 33.6 Å². The third kappa shape index (κ3) is 5.21. The van der Waals surface area contributed by atoms with E-state index in [-0.39, 0.29) is 6.03 Å². The number of nitrogens with one attached hydrogen (secondary N) is 1. The summed E-state index contributed by atoms with van der Waals surface area (Å²) in [6.07, 6.45) is 5.98. The Balaban J connectivity index is 1.43. The van der Waals surface area contributed by atoms with Crippen molar-refractivity contribution in [2.75, 3.05) is 31.5 Å². The van der Waals surface area contributed by atoms with Gasteiger partial charge < -0.3 is 15.1 Å². The van der Waals surface area contributed by atoms with Gasteiger partial charge in [0.05, 0.1) is 0 Å². The first kappa shape index (κ1) is 18.2. The fourth-order valence-electron chi connectivity index (χ4n) is 3.63. The number of amides is 3. The maximum atomic E-state index is 12.4. The Labute approximate surface area is 157 Å². The van der Waals surface area contributed by atoms with Crippen LogP contribution in [0.4, 0.5) is 10.5 Å². The third-order valence-corrected chi connectivity index (χ3v) is 5.64. The Bertz CT molecular complexity index is 608. The van der Waals surface area contributed by atoms with Gasteiger partial charge in [0.1, 0.15) is 0 Å². The quantitative estimate of drug-likeness (QED) is 0.819. The molecule has 0 aliphatic carbocycles. The number of carbonyl (C=O) groups excluding carboxylic acids is 2. The zero-order chi connectivity index (χ0) is 17.6. The average Bonchev–Trinajstić information content (AvgIpc) is 2.63. The molecule has 25 heavy (non-hydrogen) atoms. The van der Waals surface area contributed by atoms with E-state index >= 15 is 0 Å². The van der Waals surface area contributed by atoms with Crippen LogP contribution in [0.25, 0.3) is 0 Å². The number of rotatable bonds is 3. The highest BCUT2D eigenvalue weighted by atomic mass is 79.9. The van der Waals surface area contributed by atoms with Crippen LogP contribution < -0.4 is 5.32 Å². The predicted molar refractivity (Wildman–Crippen MR) is 103 cm³/mol. The van der Waals surface area contributed by atoms with E-state index < -0.39 is 0 Å². The van der Waals surface area contributed by atoms with Crippen LogP contribution in [0.2, 0.25) is 0 Å². The third-order valence-electron chi connectivity index (χ3n) is 5.15. The van der Waals surface area contributed by atoms with E-state index in [0.29, 0.717) is 18.2 Å². The van der Waals surface area contributed by atoms with Gasteiger partial charge in [0, 0.05) is 42.8 Å². The lowest BCUT2D eigenvalue weighted by Crippen LogP contribution is -2.42. The second-order valence-corrected chi connectivity index (χ2v) is 7.93. The number of halogens is 1. The number of hydrogen-bond acceptors (Lipinski definition) is 2. The molecule has 0 spiro atoms. The molecule has 6 heteroatoms. The fourth-order valence-corrected chi connectivity index (χ4v) is 4.03. The van der Waals surface area contributed by atoms with Crippen LogP contribution in [-0.2, 0) is 4.79 Å². The minimum absolute atomic E-state index is 0.0566. The van der Waals surface area contributed by atoms with Gasteiger partial charge in [-0.05, 0) is 56.2 Å². The lowest BCUT2D eigenvalue weighted by Gasteiger charge is -2.33. The Morgan fingerprint density at radius 1 is 1.04 bits per heavy atom. The van der Waals surface area contributed by atoms with Gasteiger partial charge in [-0.3, -0.25) is 4.79 Å². The topological polar surface area (TPSA) is 52.7 Å². The van der Waals surface area contributed by atoms with Gasteiger partial charge in [0.2, 0.25) is 5.91 Å². The second kappa shape index (κ2) is 8.70. The largest absolute Gasteiger partial charge is 0.343 e. The molecule has 0 unspecified atom stereocenters. The molecule has 2 saturated heterocycles. The molecule has 136 valence electrons. The molecule has 3 rings (SSSR count). The summed E-state index contributed by atoms with van der Waals surface area (Å²) in [6.45, 7) is 3.29. The molecule has 2 aliphatic heterocycles. The molecule has 2 heterocycles. The normalized spacial score (nSPS) is 18.9. The molecule has 0 bridgehead atoms. The lowest BCUT2D eigenvalue weighted by molar-refractivity contribution is -0.133. The van der Waals surface area contributed by atoms with Crippen LogP contribution >= 0.6 is 15.9 Å². The first-order valence-corrected chi connectivity index (χ1v) is 10.0. The van der Waals surface area contributed by atoms with E-state index in [2.05, 4.69) is 21.2 Å². The van der Waals surface area contributed by atoms with Gasteiger partial charge in [0.25, 0.3) is 0 Å². The summed E-state index contributed by atoms with van der Waals surface area (Å²) in [5.41, 5.74) is 0.793. The highest BCUT2D eigenvalue weighted by Crippen LogP contribution is 2.23. The van der Waals surface area contributed by atoms with E-state index in [9.17, 15) is 9.59 Å². The monoisotopic (exact) mass is 407 g/mol. The molecule has 0 saturated carbocycles. The summed E-state index contributed by atoms with van der Waals surface area (Å²) >= 11 is 3.41. The van der Waals surface area contributed by atoms with Crippen LogP contribution in [0.1, 0.15) is 38.5 Å².